The van der Waals surface area contributed by atoms with Crippen LogP contribution in [0.5, 0.6) is 0 Å². The van der Waals surface area contributed by atoms with Gasteiger partial charge in [-0.2, -0.15) is 0 Å². The van der Waals surface area contributed by atoms with E-state index in [0.717, 1.165) is 30.1 Å². The van der Waals surface area contributed by atoms with Gasteiger partial charge in [-0.05, 0) is 43.9 Å². The van der Waals surface area contributed by atoms with Crippen molar-refractivity contribution in [3.63, 3.8) is 0 Å². The minimum Gasteiger partial charge on any atom is -0.346 e. The van der Waals surface area contributed by atoms with Gasteiger partial charge in [-0.25, -0.2) is 0 Å². The van der Waals surface area contributed by atoms with Crippen LogP contribution in [0.4, 0.5) is 0 Å². The Morgan fingerprint density at radius 2 is 1.88 bits per heavy atom. The molecule has 2 rings (SSSR count). The summed E-state index contributed by atoms with van der Waals surface area (Å²) in [6.07, 6.45) is 7.34. The number of fused-ring (bicyclic) bond motifs is 1. The third kappa shape index (κ3) is 2.99. The van der Waals surface area contributed by atoms with Crippen LogP contribution in [0.3, 0.4) is 0 Å². The van der Waals surface area contributed by atoms with Gasteiger partial charge < -0.3 is 4.90 Å². The van der Waals surface area contributed by atoms with Crippen molar-refractivity contribution < 1.29 is 4.79 Å². The molecule has 16 heavy (non-hydrogen) atoms. The average Bonchev–Trinajstić information content (AvgIpc) is 2.90. The Labute approximate surface area is 107 Å². The third-order valence-corrected chi connectivity index (χ3v) is 4.66. The molecule has 0 spiro atoms. The molecule has 0 aromatic heterocycles. The summed E-state index contributed by atoms with van der Waals surface area (Å²) in [7, 11) is 1.97. The lowest BCUT2D eigenvalue weighted by Gasteiger charge is -2.21. The minimum atomic E-state index is 0.366. The maximum absolute atomic E-state index is 12.1. The molecule has 2 nitrogen and oxygen atoms in total. The highest BCUT2D eigenvalue weighted by atomic mass is 79.9. The molecule has 2 atom stereocenters. The lowest BCUT2D eigenvalue weighted by molar-refractivity contribution is -0.134. The SMILES string of the molecule is CN(CCCCCBr)C(=O)C1CC2CC2C1. The number of carbonyl (C=O) groups is 1. The summed E-state index contributed by atoms with van der Waals surface area (Å²) < 4.78 is 0. The van der Waals surface area contributed by atoms with Crippen LogP contribution >= 0.6 is 15.9 Å². The second-order valence-corrected chi connectivity index (χ2v) is 6.23. The van der Waals surface area contributed by atoms with Gasteiger partial charge in [0.1, 0.15) is 0 Å². The van der Waals surface area contributed by atoms with Crippen LogP contribution in [0.15, 0.2) is 0 Å². The number of halogens is 1. The number of nitrogens with zero attached hydrogens (tertiary/aromatic N) is 1. The molecule has 2 aliphatic rings. The standard InChI is InChI=1S/C13H22BrNO/c1-15(6-4-2-3-5-14)13(16)12-8-10-7-11(10)9-12/h10-12H,2-9H2,1H3. The summed E-state index contributed by atoms with van der Waals surface area (Å²) >= 11 is 3.43. The van der Waals surface area contributed by atoms with Gasteiger partial charge in [0.05, 0.1) is 0 Å². The summed E-state index contributed by atoms with van der Waals surface area (Å²) in [6, 6.07) is 0. The van der Waals surface area contributed by atoms with E-state index in [1.54, 1.807) is 0 Å². The molecule has 2 unspecified atom stereocenters. The van der Waals surface area contributed by atoms with Crippen molar-refractivity contribution in [1.29, 1.82) is 0 Å². The smallest absolute Gasteiger partial charge is 0.225 e. The van der Waals surface area contributed by atoms with Crippen molar-refractivity contribution in [3.8, 4) is 0 Å². The molecule has 92 valence electrons. The number of alkyl halides is 1. The molecule has 0 aromatic rings. The van der Waals surface area contributed by atoms with Crippen LogP contribution in [-0.4, -0.2) is 29.7 Å². The maximum Gasteiger partial charge on any atom is 0.225 e. The van der Waals surface area contributed by atoms with Crippen LogP contribution in [0.25, 0.3) is 0 Å². The molecule has 0 aliphatic heterocycles. The summed E-state index contributed by atoms with van der Waals surface area (Å²) in [5, 5.41) is 1.08. The van der Waals surface area contributed by atoms with E-state index in [9.17, 15) is 4.79 Å². The number of carbonyl (C=O) groups excluding carboxylic acids is 1. The first-order valence-electron chi connectivity index (χ1n) is 6.53. The van der Waals surface area contributed by atoms with Crippen LogP contribution in [0, 0.1) is 17.8 Å². The molecule has 2 fully saturated rings. The molecule has 0 heterocycles. The third-order valence-electron chi connectivity index (χ3n) is 4.10. The Kier molecular flexibility index (Phi) is 4.28. The fraction of sp³-hybridized carbons (Fsp3) is 0.923. The predicted octanol–water partition coefficient (Wildman–Crippen LogP) is 3.06. The topological polar surface area (TPSA) is 20.3 Å². The molecule has 0 radical (unpaired) electrons. The van der Waals surface area contributed by atoms with Gasteiger partial charge in [-0.1, -0.05) is 22.4 Å². The highest BCUT2D eigenvalue weighted by Gasteiger charge is 2.48. The molecule has 0 bridgehead atoms. The fourth-order valence-electron chi connectivity index (χ4n) is 2.96. The monoisotopic (exact) mass is 287 g/mol. The van der Waals surface area contributed by atoms with Gasteiger partial charge in [0.2, 0.25) is 5.91 Å². The Bertz CT molecular complexity index is 246. The van der Waals surface area contributed by atoms with Crippen LogP contribution in [-0.2, 0) is 4.79 Å². The average molecular weight is 288 g/mol. The second-order valence-electron chi connectivity index (χ2n) is 5.43. The van der Waals surface area contributed by atoms with E-state index in [4.69, 9.17) is 0 Å². The first kappa shape index (κ1) is 12.4. The predicted molar refractivity (Wildman–Crippen MR) is 69.6 cm³/mol. The van der Waals surface area contributed by atoms with Gasteiger partial charge in [-0.15, -0.1) is 0 Å². The number of unbranched alkanes of at least 4 members (excludes halogenated alkanes) is 2. The highest BCUT2D eigenvalue weighted by molar-refractivity contribution is 9.09. The molecule has 0 saturated heterocycles. The van der Waals surface area contributed by atoms with Gasteiger partial charge >= 0.3 is 0 Å². The zero-order chi connectivity index (χ0) is 11.5. The molecular weight excluding hydrogens is 266 g/mol. The van der Waals surface area contributed by atoms with E-state index in [-0.39, 0.29) is 0 Å². The van der Waals surface area contributed by atoms with Gasteiger partial charge in [0.25, 0.3) is 0 Å². The second kappa shape index (κ2) is 5.52. The molecule has 2 saturated carbocycles. The van der Waals surface area contributed by atoms with Gasteiger partial charge in [0, 0.05) is 24.8 Å². The number of rotatable bonds is 6. The quantitative estimate of drug-likeness (QED) is 0.543. The van der Waals surface area contributed by atoms with E-state index in [1.165, 1.54) is 32.1 Å². The fourth-order valence-corrected chi connectivity index (χ4v) is 3.36. The first-order chi connectivity index (χ1) is 7.72. The van der Waals surface area contributed by atoms with E-state index in [0.29, 0.717) is 11.8 Å². The molecule has 1 amide bonds. The van der Waals surface area contributed by atoms with E-state index >= 15 is 0 Å². The Balaban J connectivity index is 1.64. The molecule has 0 N–H and O–H groups in total. The molecule has 3 heteroatoms. The minimum absolute atomic E-state index is 0.366. The molecule has 0 aromatic carbocycles. The summed E-state index contributed by atoms with van der Waals surface area (Å²) in [4.78, 5) is 14.1. The van der Waals surface area contributed by atoms with Gasteiger partial charge in [-0.3, -0.25) is 4.79 Å². The number of amides is 1. The van der Waals surface area contributed by atoms with Crippen molar-refractivity contribution in [3.05, 3.63) is 0 Å². The van der Waals surface area contributed by atoms with E-state index < -0.39 is 0 Å². The normalized spacial score (nSPS) is 31.2. The Hall–Kier alpha value is -0.0500. The van der Waals surface area contributed by atoms with Crippen molar-refractivity contribution in [2.75, 3.05) is 18.9 Å². The first-order valence-corrected chi connectivity index (χ1v) is 7.65. The number of hydrogen-bond donors (Lipinski definition) is 0. The van der Waals surface area contributed by atoms with Crippen LogP contribution < -0.4 is 0 Å². The maximum atomic E-state index is 12.1. The van der Waals surface area contributed by atoms with E-state index in [2.05, 4.69) is 15.9 Å². The van der Waals surface area contributed by atoms with Gasteiger partial charge in [0.15, 0.2) is 0 Å². The summed E-state index contributed by atoms with van der Waals surface area (Å²) in [5.41, 5.74) is 0. The van der Waals surface area contributed by atoms with Crippen LogP contribution in [0.1, 0.15) is 38.5 Å². The Morgan fingerprint density at radius 3 is 2.50 bits per heavy atom. The molecule has 2 aliphatic carbocycles. The van der Waals surface area contributed by atoms with Crippen molar-refractivity contribution >= 4 is 21.8 Å². The summed E-state index contributed by atoms with van der Waals surface area (Å²) in [5.74, 6) is 2.60. The lowest BCUT2D eigenvalue weighted by Crippen LogP contribution is -2.33. The zero-order valence-electron chi connectivity index (χ0n) is 10.1. The number of hydrogen-bond acceptors (Lipinski definition) is 1. The van der Waals surface area contributed by atoms with Crippen LogP contribution in [0.2, 0.25) is 0 Å². The summed E-state index contributed by atoms with van der Waals surface area (Å²) in [6.45, 7) is 0.942. The highest BCUT2D eigenvalue weighted by Crippen LogP contribution is 2.54. The van der Waals surface area contributed by atoms with Crippen molar-refractivity contribution in [2.45, 2.75) is 38.5 Å². The zero-order valence-corrected chi connectivity index (χ0v) is 11.7. The van der Waals surface area contributed by atoms with Crippen molar-refractivity contribution in [2.24, 2.45) is 17.8 Å². The van der Waals surface area contributed by atoms with Crippen molar-refractivity contribution in [1.82, 2.24) is 4.90 Å². The largest absolute Gasteiger partial charge is 0.346 e. The Morgan fingerprint density at radius 1 is 1.19 bits per heavy atom. The van der Waals surface area contributed by atoms with E-state index in [1.807, 2.05) is 11.9 Å². The lowest BCUT2D eigenvalue weighted by atomic mass is 10.0. The molecular formula is C13H22BrNO.